The van der Waals surface area contributed by atoms with E-state index in [9.17, 15) is 0 Å². The van der Waals surface area contributed by atoms with Crippen LogP contribution in [0, 0.1) is 22.3 Å². The molecule has 1 aromatic carbocycles. The molecule has 1 aromatic rings. The van der Waals surface area contributed by atoms with Gasteiger partial charge in [0.25, 0.3) is 0 Å². The molecule has 13 heavy (non-hydrogen) atoms. The van der Waals surface area contributed by atoms with Crippen LogP contribution in [0.1, 0.15) is 11.1 Å². The summed E-state index contributed by atoms with van der Waals surface area (Å²) in [7, 11) is 0. The van der Waals surface area contributed by atoms with E-state index in [1.165, 1.54) is 0 Å². The Morgan fingerprint density at radius 3 is 1.77 bits per heavy atom. The largest absolute Gasteiger partial charge is 0.301 e. The summed E-state index contributed by atoms with van der Waals surface area (Å²) in [6, 6.07) is 5.12. The van der Waals surface area contributed by atoms with E-state index in [0.717, 1.165) is 11.1 Å². The molecule has 1 rings (SSSR count). The summed E-state index contributed by atoms with van der Waals surface area (Å²) in [4.78, 5) is 0. The minimum Gasteiger partial charge on any atom is -0.301 e. The lowest BCUT2D eigenvalue weighted by Crippen LogP contribution is -1.80. The third kappa shape index (κ3) is 2.99. The van der Waals surface area contributed by atoms with Crippen molar-refractivity contribution in [1.29, 1.82) is 0 Å². The van der Waals surface area contributed by atoms with E-state index in [-0.39, 0.29) is 0 Å². The van der Waals surface area contributed by atoms with Gasteiger partial charge in [-0.25, -0.2) is 0 Å². The van der Waals surface area contributed by atoms with Gasteiger partial charge in [-0.2, -0.15) is 0 Å². The Bertz CT molecular complexity index is 391. The van der Waals surface area contributed by atoms with Crippen LogP contribution in [-0.2, 0) is 0 Å². The standard InChI is InChI=1S/C10H6NS2/c11-10-6-8(1-3-12)5-9(7-10)2-4-13/h5-7,11-13H. The van der Waals surface area contributed by atoms with E-state index in [1.807, 2.05) is 0 Å². The molecule has 0 aromatic heterocycles. The molecule has 0 saturated carbocycles. The Labute approximate surface area is 88.5 Å². The molecule has 0 spiro atoms. The third-order valence-electron chi connectivity index (χ3n) is 1.33. The van der Waals surface area contributed by atoms with Gasteiger partial charge in [-0.05, 0) is 28.7 Å². The molecule has 1 nitrogen and oxygen atoms in total. The fourth-order valence-electron chi connectivity index (χ4n) is 0.901. The number of hydrogen-bond donors (Lipinski definition) is 2. The predicted octanol–water partition coefficient (Wildman–Crippen LogP) is 2.08. The first-order valence-corrected chi connectivity index (χ1v) is 4.32. The van der Waals surface area contributed by atoms with Gasteiger partial charge in [0.1, 0.15) is 0 Å². The van der Waals surface area contributed by atoms with Crippen molar-refractivity contribution in [3.05, 3.63) is 29.3 Å². The van der Waals surface area contributed by atoms with Crippen molar-refractivity contribution in [2.45, 2.75) is 0 Å². The average molecular weight is 204 g/mol. The van der Waals surface area contributed by atoms with Crippen LogP contribution in [-0.4, -0.2) is 0 Å². The molecule has 0 saturated heterocycles. The smallest absolute Gasteiger partial charge is 0.0564 e. The number of rotatable bonds is 0. The second-order valence-corrected chi connectivity index (χ2v) is 2.72. The summed E-state index contributed by atoms with van der Waals surface area (Å²) in [6.45, 7) is 0. The van der Waals surface area contributed by atoms with Crippen molar-refractivity contribution in [3.8, 4) is 22.3 Å². The Kier molecular flexibility index (Phi) is 3.64. The van der Waals surface area contributed by atoms with Crippen LogP contribution >= 0.6 is 25.3 Å². The van der Waals surface area contributed by atoms with E-state index >= 15 is 0 Å². The quantitative estimate of drug-likeness (QED) is 0.477. The van der Waals surface area contributed by atoms with E-state index in [2.05, 4.69) is 47.6 Å². The topological polar surface area (TPSA) is 23.8 Å². The second kappa shape index (κ2) is 4.77. The van der Waals surface area contributed by atoms with E-state index in [1.54, 1.807) is 18.2 Å². The monoisotopic (exact) mass is 204 g/mol. The summed E-state index contributed by atoms with van der Waals surface area (Å²) >= 11 is 7.56. The normalized spacial score (nSPS) is 7.85. The first kappa shape index (κ1) is 9.92. The van der Waals surface area contributed by atoms with Gasteiger partial charge in [-0.3, -0.25) is 0 Å². The lowest BCUT2D eigenvalue weighted by atomic mass is 10.1. The molecule has 0 fully saturated rings. The van der Waals surface area contributed by atoms with Crippen LogP contribution in [0.2, 0.25) is 0 Å². The third-order valence-corrected chi connectivity index (χ3v) is 1.56. The highest BCUT2D eigenvalue weighted by molar-refractivity contribution is 7.85. The predicted molar refractivity (Wildman–Crippen MR) is 60.9 cm³/mol. The molecular formula is C10H6NS2. The number of nitrogens with one attached hydrogen (secondary N) is 1. The second-order valence-electron chi connectivity index (χ2n) is 2.27. The van der Waals surface area contributed by atoms with E-state index < -0.39 is 0 Å². The van der Waals surface area contributed by atoms with Crippen molar-refractivity contribution < 1.29 is 0 Å². The fourth-order valence-corrected chi connectivity index (χ4v) is 1.16. The zero-order valence-electron chi connectivity index (χ0n) is 6.63. The molecular weight excluding hydrogens is 198 g/mol. The maximum absolute atomic E-state index is 7.45. The maximum atomic E-state index is 7.45. The Hall–Kier alpha value is -1.16. The van der Waals surface area contributed by atoms with Crippen LogP contribution in [0.3, 0.4) is 0 Å². The summed E-state index contributed by atoms with van der Waals surface area (Å²) in [6.07, 6.45) is 0. The minimum absolute atomic E-state index is 0.389. The highest BCUT2D eigenvalue weighted by Gasteiger charge is 1.94. The van der Waals surface area contributed by atoms with Crippen molar-refractivity contribution in [1.82, 2.24) is 5.73 Å². The maximum Gasteiger partial charge on any atom is 0.0564 e. The van der Waals surface area contributed by atoms with Gasteiger partial charge in [0.05, 0.1) is 5.69 Å². The molecule has 0 atom stereocenters. The molecule has 63 valence electrons. The van der Waals surface area contributed by atoms with Crippen molar-refractivity contribution >= 4 is 30.9 Å². The van der Waals surface area contributed by atoms with E-state index in [0.29, 0.717) is 5.69 Å². The molecule has 0 aliphatic carbocycles. The molecule has 1 N–H and O–H groups in total. The molecule has 1 radical (unpaired) electrons. The first-order chi connectivity index (χ1) is 6.26. The van der Waals surface area contributed by atoms with Crippen LogP contribution in [0.25, 0.3) is 0 Å². The molecule has 3 heteroatoms. The van der Waals surface area contributed by atoms with Gasteiger partial charge in [0.15, 0.2) is 0 Å². The molecule has 0 unspecified atom stereocenters. The number of thiol groups is 2. The fraction of sp³-hybridized carbons (Fsp3) is 0. The van der Waals surface area contributed by atoms with E-state index in [4.69, 9.17) is 5.73 Å². The number of hydrogen-bond acceptors (Lipinski definition) is 2. The summed E-state index contributed by atoms with van der Waals surface area (Å²) < 4.78 is 0. The van der Waals surface area contributed by atoms with Gasteiger partial charge in [-0.15, -0.1) is 0 Å². The number of benzene rings is 1. The molecule has 0 aliphatic rings. The lowest BCUT2D eigenvalue weighted by Gasteiger charge is -1.95. The lowest BCUT2D eigenvalue weighted by molar-refractivity contribution is 1.46. The Morgan fingerprint density at radius 1 is 0.923 bits per heavy atom. The van der Waals surface area contributed by atoms with Crippen molar-refractivity contribution in [2.24, 2.45) is 0 Å². The highest BCUT2D eigenvalue weighted by Crippen LogP contribution is 2.11. The van der Waals surface area contributed by atoms with Crippen LogP contribution in [0.4, 0.5) is 5.69 Å². The zero-order valence-corrected chi connectivity index (χ0v) is 8.42. The van der Waals surface area contributed by atoms with Gasteiger partial charge < -0.3 is 5.73 Å². The SMILES string of the molecule is [NH]c1cc(C#CS)cc(C#CS)c1. The van der Waals surface area contributed by atoms with Gasteiger partial charge in [0.2, 0.25) is 0 Å². The van der Waals surface area contributed by atoms with Gasteiger partial charge in [0, 0.05) is 11.1 Å². The van der Waals surface area contributed by atoms with Crippen molar-refractivity contribution in [3.63, 3.8) is 0 Å². The average Bonchev–Trinajstić information content (AvgIpc) is 2.04. The summed E-state index contributed by atoms with van der Waals surface area (Å²) in [5.41, 5.74) is 9.32. The molecule has 0 heterocycles. The van der Waals surface area contributed by atoms with Crippen LogP contribution < -0.4 is 5.73 Å². The molecule has 0 aliphatic heterocycles. The zero-order chi connectivity index (χ0) is 9.68. The summed E-state index contributed by atoms with van der Waals surface area (Å²) in [5.74, 6) is 5.50. The highest BCUT2D eigenvalue weighted by atomic mass is 32.1. The first-order valence-electron chi connectivity index (χ1n) is 3.43. The Balaban J connectivity index is 3.21. The van der Waals surface area contributed by atoms with Gasteiger partial charge in [-0.1, -0.05) is 37.1 Å². The summed E-state index contributed by atoms with van der Waals surface area (Å²) in [5, 5.41) is 4.95. The Morgan fingerprint density at radius 2 is 1.38 bits per heavy atom. The molecule has 0 amide bonds. The molecule has 0 bridgehead atoms. The van der Waals surface area contributed by atoms with Crippen LogP contribution in [0.5, 0.6) is 0 Å². The van der Waals surface area contributed by atoms with Crippen molar-refractivity contribution in [2.75, 3.05) is 0 Å². The van der Waals surface area contributed by atoms with Crippen LogP contribution in [0.15, 0.2) is 18.2 Å². The van der Waals surface area contributed by atoms with Gasteiger partial charge >= 0.3 is 0 Å². The minimum atomic E-state index is 0.389.